The van der Waals surface area contributed by atoms with E-state index in [4.69, 9.17) is 11.6 Å². The Labute approximate surface area is 224 Å². The standard InChI is InChI=1S/C25H24ClF3N4O2S2/c1-4-19(34)31-5-7-32(8-6-31)23-15-10-16(25(27,28)29)20(18-9-14(26)11-36-18)22-21(15)33(24(35)30-23)17(12-37-22)13(2)3/h4,9-11,13,17H,1,5-8,12H2,2-3H3. The summed E-state index contributed by atoms with van der Waals surface area (Å²) in [6.45, 7) is 8.87. The second-order valence-electron chi connectivity index (χ2n) is 9.38. The third kappa shape index (κ3) is 4.55. The van der Waals surface area contributed by atoms with Gasteiger partial charge in [-0.2, -0.15) is 18.2 Å². The fourth-order valence-corrected chi connectivity index (χ4v) is 7.75. The van der Waals surface area contributed by atoms with E-state index in [9.17, 15) is 22.8 Å². The van der Waals surface area contributed by atoms with Gasteiger partial charge in [-0.3, -0.25) is 9.36 Å². The molecule has 3 aromatic rings. The smallest absolute Gasteiger partial charge is 0.352 e. The molecule has 1 fully saturated rings. The first-order valence-electron chi connectivity index (χ1n) is 11.7. The first kappa shape index (κ1) is 26.1. The Bertz CT molecular complexity index is 1460. The van der Waals surface area contributed by atoms with Crippen molar-refractivity contribution in [3.8, 4) is 10.4 Å². The SMILES string of the molecule is C=CC(=O)N1CCN(c2nc(=O)n3c4c(c(-c5cc(Cl)cs5)c(C(F)(F)F)cc24)SCC3C(C)C)CC1. The Hall–Kier alpha value is -2.50. The largest absolute Gasteiger partial charge is 0.417 e. The highest BCUT2D eigenvalue weighted by molar-refractivity contribution is 7.99. The molecule has 196 valence electrons. The Morgan fingerprint density at radius 1 is 1.24 bits per heavy atom. The molecule has 1 unspecified atom stereocenters. The maximum absolute atomic E-state index is 14.5. The molecule has 0 bridgehead atoms. The first-order chi connectivity index (χ1) is 17.5. The molecule has 4 heterocycles. The number of thiophene rings is 1. The maximum Gasteiger partial charge on any atom is 0.417 e. The summed E-state index contributed by atoms with van der Waals surface area (Å²) in [6.07, 6.45) is -3.40. The van der Waals surface area contributed by atoms with Crippen molar-refractivity contribution in [1.82, 2.24) is 14.5 Å². The predicted molar refractivity (Wildman–Crippen MR) is 143 cm³/mol. The maximum atomic E-state index is 14.5. The fourth-order valence-electron chi connectivity index (χ4n) is 4.96. The number of carbonyl (C=O) groups is 1. The van der Waals surface area contributed by atoms with Crippen LogP contribution in [0.25, 0.3) is 21.3 Å². The number of hydrogen-bond acceptors (Lipinski definition) is 6. The zero-order valence-corrected chi connectivity index (χ0v) is 22.5. The van der Waals surface area contributed by atoms with Gasteiger partial charge in [-0.15, -0.1) is 23.1 Å². The van der Waals surface area contributed by atoms with Gasteiger partial charge >= 0.3 is 11.9 Å². The van der Waals surface area contributed by atoms with Crippen LogP contribution in [0.1, 0.15) is 25.5 Å². The van der Waals surface area contributed by atoms with Crippen LogP contribution in [-0.4, -0.2) is 52.3 Å². The number of benzene rings is 1. The summed E-state index contributed by atoms with van der Waals surface area (Å²) >= 11 is 8.60. The molecule has 1 atom stereocenters. The summed E-state index contributed by atoms with van der Waals surface area (Å²) in [7, 11) is 0. The van der Waals surface area contributed by atoms with Gasteiger partial charge in [0.2, 0.25) is 5.91 Å². The van der Waals surface area contributed by atoms with Crippen LogP contribution in [-0.2, 0) is 11.0 Å². The van der Waals surface area contributed by atoms with Gasteiger partial charge in [-0.25, -0.2) is 4.79 Å². The van der Waals surface area contributed by atoms with Crippen LogP contribution >= 0.6 is 34.7 Å². The lowest BCUT2D eigenvalue weighted by Gasteiger charge is -2.37. The normalized spacial score (nSPS) is 18.1. The molecule has 2 aliphatic heterocycles. The lowest BCUT2D eigenvalue weighted by molar-refractivity contribution is -0.137. The Kier molecular flexibility index (Phi) is 6.82. The number of rotatable bonds is 4. The average Bonchev–Trinajstić information content (AvgIpc) is 3.30. The van der Waals surface area contributed by atoms with E-state index in [0.29, 0.717) is 52.2 Å². The second-order valence-corrected chi connectivity index (χ2v) is 11.8. The molecule has 0 spiro atoms. The summed E-state index contributed by atoms with van der Waals surface area (Å²) in [5.41, 5.74) is -0.738. The van der Waals surface area contributed by atoms with Gasteiger partial charge in [-0.1, -0.05) is 32.0 Å². The summed E-state index contributed by atoms with van der Waals surface area (Å²) in [4.78, 5) is 34.1. The summed E-state index contributed by atoms with van der Waals surface area (Å²) in [5, 5.41) is 2.25. The Morgan fingerprint density at radius 3 is 2.51 bits per heavy atom. The number of nitrogens with zero attached hydrogens (tertiary/aromatic N) is 4. The lowest BCUT2D eigenvalue weighted by Crippen LogP contribution is -2.49. The van der Waals surface area contributed by atoms with Crippen molar-refractivity contribution >= 4 is 57.3 Å². The zero-order chi connectivity index (χ0) is 26.6. The average molecular weight is 569 g/mol. The number of thioether (sulfide) groups is 1. The molecule has 6 nitrogen and oxygen atoms in total. The van der Waals surface area contributed by atoms with Crippen LogP contribution in [0.2, 0.25) is 5.02 Å². The van der Waals surface area contributed by atoms with Crippen molar-refractivity contribution < 1.29 is 18.0 Å². The number of anilines is 1. The fraction of sp³-hybridized carbons (Fsp3) is 0.400. The van der Waals surface area contributed by atoms with Crippen LogP contribution in [0.4, 0.5) is 19.0 Å². The van der Waals surface area contributed by atoms with E-state index in [1.807, 2.05) is 13.8 Å². The van der Waals surface area contributed by atoms with Crippen LogP contribution in [0.3, 0.4) is 0 Å². The van der Waals surface area contributed by atoms with Crippen LogP contribution < -0.4 is 10.6 Å². The molecule has 2 aromatic heterocycles. The third-order valence-electron chi connectivity index (χ3n) is 6.83. The Balaban J connectivity index is 1.80. The van der Waals surface area contributed by atoms with Crippen molar-refractivity contribution in [1.29, 1.82) is 0 Å². The van der Waals surface area contributed by atoms with Gasteiger partial charge in [0.15, 0.2) is 0 Å². The molecule has 2 aliphatic rings. The highest BCUT2D eigenvalue weighted by Gasteiger charge is 2.40. The number of piperazine rings is 1. The Morgan fingerprint density at radius 2 is 1.95 bits per heavy atom. The molecule has 12 heteroatoms. The monoisotopic (exact) mass is 568 g/mol. The molecule has 1 aromatic carbocycles. The van der Waals surface area contributed by atoms with E-state index in [0.717, 1.165) is 17.4 Å². The minimum atomic E-state index is -4.64. The molecule has 0 saturated carbocycles. The van der Waals surface area contributed by atoms with Crippen molar-refractivity contribution in [2.45, 2.75) is 31.0 Å². The van der Waals surface area contributed by atoms with Crippen molar-refractivity contribution in [3.05, 3.63) is 51.2 Å². The molecule has 0 aliphatic carbocycles. The summed E-state index contributed by atoms with van der Waals surface area (Å²) in [6, 6.07) is 2.45. The van der Waals surface area contributed by atoms with Crippen LogP contribution in [0.15, 0.2) is 39.9 Å². The predicted octanol–water partition coefficient (Wildman–Crippen LogP) is 5.93. The van der Waals surface area contributed by atoms with Gasteiger partial charge in [0, 0.05) is 58.0 Å². The molecular weight excluding hydrogens is 545 g/mol. The minimum Gasteiger partial charge on any atom is -0.352 e. The molecule has 1 saturated heterocycles. The van der Waals surface area contributed by atoms with Gasteiger partial charge < -0.3 is 9.80 Å². The van der Waals surface area contributed by atoms with Crippen molar-refractivity contribution in [2.24, 2.45) is 5.92 Å². The van der Waals surface area contributed by atoms with Gasteiger partial charge in [0.05, 0.1) is 22.1 Å². The summed E-state index contributed by atoms with van der Waals surface area (Å²) < 4.78 is 45.2. The lowest BCUT2D eigenvalue weighted by atomic mass is 9.99. The minimum absolute atomic E-state index is 0.0517. The van der Waals surface area contributed by atoms with Crippen molar-refractivity contribution in [3.63, 3.8) is 0 Å². The third-order valence-corrected chi connectivity index (χ3v) is 9.32. The van der Waals surface area contributed by atoms with Crippen LogP contribution in [0, 0.1) is 5.92 Å². The van der Waals surface area contributed by atoms with E-state index in [1.54, 1.807) is 19.7 Å². The highest BCUT2D eigenvalue weighted by atomic mass is 35.5. The topological polar surface area (TPSA) is 58.4 Å². The molecule has 0 N–H and O–H groups in total. The molecule has 37 heavy (non-hydrogen) atoms. The van der Waals surface area contributed by atoms with Crippen molar-refractivity contribution in [2.75, 3.05) is 36.8 Å². The summed E-state index contributed by atoms with van der Waals surface area (Å²) in [5.74, 6) is 0.537. The number of halogens is 4. The van der Waals surface area contributed by atoms with Gasteiger partial charge in [0.1, 0.15) is 5.82 Å². The number of hydrogen-bond donors (Lipinski definition) is 0. The van der Waals surface area contributed by atoms with E-state index in [-0.39, 0.29) is 34.6 Å². The molecular formula is C25H24ClF3N4O2S2. The zero-order valence-electron chi connectivity index (χ0n) is 20.1. The van der Waals surface area contributed by atoms with E-state index in [1.165, 1.54) is 23.9 Å². The number of carbonyl (C=O) groups excluding carboxylic acids is 1. The van der Waals surface area contributed by atoms with Gasteiger partial charge in [-0.05, 0) is 24.1 Å². The van der Waals surface area contributed by atoms with E-state index >= 15 is 0 Å². The molecule has 0 radical (unpaired) electrons. The molecule has 1 amide bonds. The highest BCUT2D eigenvalue weighted by Crippen LogP contribution is 2.51. The quantitative estimate of drug-likeness (QED) is 0.365. The first-order valence-corrected chi connectivity index (χ1v) is 14.0. The number of alkyl halides is 3. The second kappa shape index (κ2) is 9.67. The number of amides is 1. The number of aromatic nitrogens is 2. The van der Waals surface area contributed by atoms with E-state index in [2.05, 4.69) is 11.6 Å². The van der Waals surface area contributed by atoms with Gasteiger partial charge in [0.25, 0.3) is 0 Å². The van der Waals surface area contributed by atoms with Crippen LogP contribution in [0.5, 0.6) is 0 Å². The van der Waals surface area contributed by atoms with E-state index < -0.39 is 17.4 Å². The molecule has 5 rings (SSSR count).